The molecule has 13 heteroatoms. The van der Waals surface area contributed by atoms with Gasteiger partial charge in [-0.05, 0) is 31.0 Å². The van der Waals surface area contributed by atoms with Crippen LogP contribution >= 0.6 is 0 Å². The molecule has 5 rings (SSSR count). The average Bonchev–Trinajstić information content (AvgIpc) is 3.65. The van der Waals surface area contributed by atoms with Crippen LogP contribution in [0.15, 0.2) is 30.6 Å². The second-order valence-electron chi connectivity index (χ2n) is 9.09. The maximum Gasteiger partial charge on any atom is 0.407 e. The van der Waals surface area contributed by atoms with Crippen LogP contribution in [0.25, 0.3) is 11.3 Å². The van der Waals surface area contributed by atoms with Gasteiger partial charge in [0.1, 0.15) is 36.6 Å². The molecule has 1 saturated carbocycles. The molecule has 2 atom stereocenters. The van der Waals surface area contributed by atoms with E-state index in [2.05, 4.69) is 25.3 Å². The summed E-state index contributed by atoms with van der Waals surface area (Å²) in [6.07, 6.45) is 0.470. The summed E-state index contributed by atoms with van der Waals surface area (Å²) in [6, 6.07) is 6.98. The number of piperidine rings is 1. The number of aromatic nitrogens is 2. The van der Waals surface area contributed by atoms with Gasteiger partial charge in [-0.1, -0.05) is 0 Å². The molecule has 2 aliphatic heterocycles. The van der Waals surface area contributed by atoms with Crippen LogP contribution in [0.3, 0.4) is 0 Å². The number of halogens is 2. The molecule has 0 radical (unpaired) electrons. The van der Waals surface area contributed by atoms with Crippen LogP contribution < -0.4 is 15.4 Å². The molecule has 1 aromatic heterocycles. The minimum Gasteiger partial charge on any atom is -0.483 e. The van der Waals surface area contributed by atoms with Crippen molar-refractivity contribution in [3.05, 3.63) is 36.2 Å². The summed E-state index contributed by atoms with van der Waals surface area (Å²) in [5, 5.41) is 14.7. The summed E-state index contributed by atoms with van der Waals surface area (Å²) in [5.74, 6) is -3.86. The summed E-state index contributed by atoms with van der Waals surface area (Å²) >= 11 is 0. The molecule has 0 spiro atoms. The second-order valence-corrected chi connectivity index (χ2v) is 9.09. The highest BCUT2D eigenvalue weighted by molar-refractivity contribution is 5.93. The first kappa shape index (κ1) is 24.4. The molecule has 0 unspecified atom stereocenters. The minimum atomic E-state index is -3.40. The number of rotatable bonds is 6. The number of cyclic esters (lactones) is 1. The number of hydrogen-bond donors (Lipinski definition) is 2. The molecule has 3 fully saturated rings. The second kappa shape index (κ2) is 9.61. The third-order valence-corrected chi connectivity index (χ3v) is 6.35. The maximum atomic E-state index is 14.9. The molecular formula is C24H22F2N6O5. The molecule has 3 heterocycles. The van der Waals surface area contributed by atoms with Gasteiger partial charge in [-0.2, -0.15) is 5.26 Å². The molecule has 37 heavy (non-hydrogen) atoms. The third-order valence-electron chi connectivity index (χ3n) is 6.35. The standard InChI is InChI=1S/C24H22F2N6O5/c25-24(26)11-32(22(34)17-10-36-23(35)30-17)6-5-19(24)37-18-4-3-14(7-15(18)9-27)16-8-20(29-12-28-16)31-21(33)13-1-2-13/h3-4,7-8,12-13,17,19H,1-2,5-6,10-11H2,(H,30,35)(H,28,29,31,33)/t17-,19-/m0/s1. The van der Waals surface area contributed by atoms with E-state index in [1.54, 1.807) is 12.1 Å². The molecule has 11 nitrogen and oxygen atoms in total. The number of nitrogens with zero attached hydrogens (tertiary/aromatic N) is 4. The van der Waals surface area contributed by atoms with E-state index in [9.17, 15) is 28.4 Å². The van der Waals surface area contributed by atoms with Crippen LogP contribution in [0.1, 0.15) is 24.8 Å². The van der Waals surface area contributed by atoms with Crippen molar-refractivity contribution in [1.82, 2.24) is 20.2 Å². The van der Waals surface area contributed by atoms with Gasteiger partial charge in [0.2, 0.25) is 11.8 Å². The van der Waals surface area contributed by atoms with Crippen LogP contribution in [0.2, 0.25) is 0 Å². The fourth-order valence-corrected chi connectivity index (χ4v) is 4.18. The number of alkyl carbamates (subject to hydrolysis) is 1. The maximum absolute atomic E-state index is 14.9. The largest absolute Gasteiger partial charge is 0.483 e. The van der Waals surface area contributed by atoms with Gasteiger partial charge in [0.05, 0.1) is 17.8 Å². The molecule has 1 aromatic carbocycles. The van der Waals surface area contributed by atoms with Crippen LogP contribution in [0, 0.1) is 17.2 Å². The lowest BCUT2D eigenvalue weighted by atomic mass is 10.0. The van der Waals surface area contributed by atoms with Crippen molar-refractivity contribution in [2.75, 3.05) is 25.0 Å². The van der Waals surface area contributed by atoms with Gasteiger partial charge < -0.3 is 25.0 Å². The molecule has 0 bridgehead atoms. The lowest BCUT2D eigenvalue weighted by Gasteiger charge is -2.38. The number of alkyl halides is 2. The topological polar surface area (TPSA) is 147 Å². The highest BCUT2D eigenvalue weighted by Crippen LogP contribution is 2.34. The fraction of sp³-hybridized carbons (Fsp3) is 0.417. The quantitative estimate of drug-likeness (QED) is 0.598. The van der Waals surface area contributed by atoms with Gasteiger partial charge in [-0.3, -0.25) is 9.59 Å². The predicted molar refractivity (Wildman–Crippen MR) is 122 cm³/mol. The summed E-state index contributed by atoms with van der Waals surface area (Å²) in [7, 11) is 0. The van der Waals surface area contributed by atoms with Crippen molar-refractivity contribution in [2.24, 2.45) is 5.92 Å². The first-order chi connectivity index (χ1) is 17.7. The van der Waals surface area contributed by atoms with Gasteiger partial charge in [0.25, 0.3) is 0 Å². The highest BCUT2D eigenvalue weighted by atomic mass is 19.3. The zero-order valence-electron chi connectivity index (χ0n) is 19.4. The number of ether oxygens (including phenoxy) is 2. The van der Waals surface area contributed by atoms with E-state index in [0.717, 1.165) is 17.7 Å². The van der Waals surface area contributed by atoms with E-state index in [0.29, 0.717) is 17.1 Å². The molecule has 192 valence electrons. The van der Waals surface area contributed by atoms with E-state index in [4.69, 9.17) is 4.74 Å². The predicted octanol–water partition coefficient (Wildman–Crippen LogP) is 2.09. The Balaban J connectivity index is 1.27. The minimum absolute atomic E-state index is 0.000693. The molecular weight excluding hydrogens is 490 g/mol. The fourth-order valence-electron chi connectivity index (χ4n) is 4.18. The number of nitriles is 1. The number of benzene rings is 1. The van der Waals surface area contributed by atoms with Crippen molar-refractivity contribution >= 4 is 23.7 Å². The summed E-state index contributed by atoms with van der Waals surface area (Å²) in [4.78, 5) is 44.8. The molecule has 2 N–H and O–H groups in total. The van der Waals surface area contributed by atoms with Gasteiger partial charge in [-0.15, -0.1) is 0 Å². The Morgan fingerprint density at radius 3 is 2.73 bits per heavy atom. The summed E-state index contributed by atoms with van der Waals surface area (Å²) in [5.41, 5.74) is 0.977. The molecule has 1 aliphatic carbocycles. The number of carbonyl (C=O) groups excluding carboxylic acids is 3. The summed E-state index contributed by atoms with van der Waals surface area (Å²) in [6.45, 7) is -1.11. The number of nitrogens with one attached hydrogen (secondary N) is 2. The zero-order valence-corrected chi connectivity index (χ0v) is 19.4. The van der Waals surface area contributed by atoms with Crippen molar-refractivity contribution in [3.63, 3.8) is 0 Å². The lowest BCUT2D eigenvalue weighted by Crippen LogP contribution is -2.58. The lowest BCUT2D eigenvalue weighted by molar-refractivity contribution is -0.161. The molecule has 2 saturated heterocycles. The Kier molecular flexibility index (Phi) is 6.32. The van der Waals surface area contributed by atoms with Gasteiger partial charge in [0, 0.05) is 30.5 Å². The Hall–Kier alpha value is -4.34. The number of anilines is 1. The Morgan fingerprint density at radius 1 is 1.24 bits per heavy atom. The zero-order chi connectivity index (χ0) is 26.2. The normalized spacial score (nSPS) is 22.4. The van der Waals surface area contributed by atoms with Crippen molar-refractivity contribution in [3.8, 4) is 23.1 Å². The smallest absolute Gasteiger partial charge is 0.407 e. The van der Waals surface area contributed by atoms with Gasteiger partial charge in [-0.25, -0.2) is 23.5 Å². The SMILES string of the molecule is N#Cc1cc(-c2cc(NC(=O)C3CC3)ncn2)ccc1O[C@H]1CCN(C(=O)[C@@H]2COC(=O)N2)CC1(F)F. The monoisotopic (exact) mass is 512 g/mol. The first-order valence-electron chi connectivity index (χ1n) is 11.7. The van der Waals surface area contributed by atoms with Crippen molar-refractivity contribution in [2.45, 2.75) is 37.3 Å². The van der Waals surface area contributed by atoms with E-state index in [-0.39, 0.29) is 42.7 Å². The Morgan fingerprint density at radius 2 is 2.05 bits per heavy atom. The van der Waals surface area contributed by atoms with Gasteiger partial charge >= 0.3 is 12.0 Å². The van der Waals surface area contributed by atoms with Crippen LogP contribution in [0.4, 0.5) is 19.4 Å². The first-order valence-corrected chi connectivity index (χ1v) is 11.7. The van der Waals surface area contributed by atoms with E-state index in [1.807, 2.05) is 6.07 Å². The number of carbonyl (C=O) groups is 3. The molecule has 3 amide bonds. The van der Waals surface area contributed by atoms with Crippen LogP contribution in [-0.2, 0) is 14.3 Å². The van der Waals surface area contributed by atoms with Crippen molar-refractivity contribution < 1.29 is 32.6 Å². The van der Waals surface area contributed by atoms with Crippen LogP contribution in [0.5, 0.6) is 5.75 Å². The van der Waals surface area contributed by atoms with E-state index < -0.39 is 36.6 Å². The average molecular weight is 512 g/mol. The molecule has 2 aromatic rings. The highest BCUT2D eigenvalue weighted by Gasteiger charge is 2.49. The number of hydrogen-bond acceptors (Lipinski definition) is 8. The summed E-state index contributed by atoms with van der Waals surface area (Å²) < 4.78 is 40.1. The Labute approximate surface area is 209 Å². The number of likely N-dealkylation sites (tertiary alicyclic amines) is 1. The van der Waals surface area contributed by atoms with Crippen LogP contribution in [-0.4, -0.2) is 70.5 Å². The third kappa shape index (κ3) is 5.28. The van der Waals surface area contributed by atoms with E-state index >= 15 is 0 Å². The molecule has 3 aliphatic rings. The Bertz CT molecular complexity index is 1290. The van der Waals surface area contributed by atoms with Crippen molar-refractivity contribution in [1.29, 1.82) is 5.26 Å². The van der Waals surface area contributed by atoms with E-state index in [1.165, 1.54) is 18.5 Å². The number of amides is 3. The van der Waals surface area contributed by atoms with Gasteiger partial charge in [0.15, 0.2) is 6.10 Å².